The van der Waals surface area contributed by atoms with Gasteiger partial charge in [0.2, 0.25) is 0 Å². The summed E-state index contributed by atoms with van der Waals surface area (Å²) in [6.45, 7) is 13.2. The Morgan fingerprint density at radius 1 is 1.29 bits per heavy atom. The van der Waals surface area contributed by atoms with Crippen LogP contribution in [0.4, 0.5) is 5.69 Å². The van der Waals surface area contributed by atoms with Gasteiger partial charge in [0, 0.05) is 31.8 Å². The van der Waals surface area contributed by atoms with Gasteiger partial charge in [-0.25, -0.2) is 0 Å². The van der Waals surface area contributed by atoms with Crippen LogP contribution in [0.25, 0.3) is 0 Å². The van der Waals surface area contributed by atoms with E-state index >= 15 is 0 Å². The van der Waals surface area contributed by atoms with Gasteiger partial charge in [0.1, 0.15) is 0 Å². The molecular formula is C17H29ClN2O. The van der Waals surface area contributed by atoms with Crippen LogP contribution in [-0.2, 0) is 11.3 Å². The molecule has 0 aliphatic rings. The average Bonchev–Trinajstić information content (AvgIpc) is 2.37. The van der Waals surface area contributed by atoms with Crippen molar-refractivity contribution in [3.63, 3.8) is 0 Å². The molecule has 1 rings (SSSR count). The molecule has 0 atom stereocenters. The maximum atomic E-state index is 6.49. The minimum absolute atomic E-state index is 0.0782. The van der Waals surface area contributed by atoms with Gasteiger partial charge in [-0.3, -0.25) is 0 Å². The predicted octanol–water partition coefficient (Wildman–Crippen LogP) is 4.09. The fourth-order valence-corrected chi connectivity index (χ4v) is 2.51. The van der Waals surface area contributed by atoms with Crippen molar-refractivity contribution in [3.05, 3.63) is 28.8 Å². The Hall–Kier alpha value is -0.770. The minimum atomic E-state index is 0.0782. The summed E-state index contributed by atoms with van der Waals surface area (Å²) in [4.78, 5) is 2.31. The molecule has 0 heterocycles. The summed E-state index contributed by atoms with van der Waals surface area (Å²) in [5.74, 6) is 0. The summed E-state index contributed by atoms with van der Waals surface area (Å²) < 4.78 is 5.24. The first-order chi connectivity index (χ1) is 9.76. The lowest BCUT2D eigenvalue weighted by molar-refractivity contribution is 0.203. The van der Waals surface area contributed by atoms with E-state index in [1.54, 1.807) is 7.11 Å². The molecular weight excluding hydrogens is 284 g/mol. The number of nitrogens with one attached hydrogen (secondary N) is 1. The van der Waals surface area contributed by atoms with Gasteiger partial charge in [-0.15, -0.1) is 0 Å². The van der Waals surface area contributed by atoms with E-state index in [2.05, 4.69) is 50.9 Å². The van der Waals surface area contributed by atoms with E-state index in [1.807, 2.05) is 12.1 Å². The highest BCUT2D eigenvalue weighted by Gasteiger charge is 2.18. The molecule has 0 aliphatic carbocycles. The van der Waals surface area contributed by atoms with Crippen molar-refractivity contribution in [2.24, 2.45) is 0 Å². The Bertz CT molecular complexity index is 441. The highest BCUT2D eigenvalue weighted by Crippen LogP contribution is 2.31. The zero-order chi connectivity index (χ0) is 16.0. The first-order valence-electron chi connectivity index (χ1n) is 7.54. The first kappa shape index (κ1) is 18.3. The highest BCUT2D eigenvalue weighted by molar-refractivity contribution is 6.33. The number of halogens is 1. The fraction of sp³-hybridized carbons (Fsp3) is 0.647. The highest BCUT2D eigenvalue weighted by atomic mass is 35.5. The van der Waals surface area contributed by atoms with Crippen LogP contribution in [-0.4, -0.2) is 31.8 Å². The summed E-state index contributed by atoms with van der Waals surface area (Å²) in [7, 11) is 1.73. The van der Waals surface area contributed by atoms with E-state index in [1.165, 1.54) is 5.56 Å². The van der Waals surface area contributed by atoms with Crippen LogP contribution in [0.2, 0.25) is 5.02 Å². The Kier molecular flexibility index (Phi) is 6.98. The third kappa shape index (κ3) is 5.85. The second-order valence-electron chi connectivity index (χ2n) is 6.63. The molecule has 0 spiro atoms. The van der Waals surface area contributed by atoms with Crippen molar-refractivity contribution in [1.29, 1.82) is 0 Å². The zero-order valence-electron chi connectivity index (χ0n) is 14.2. The van der Waals surface area contributed by atoms with Crippen LogP contribution >= 0.6 is 11.6 Å². The van der Waals surface area contributed by atoms with Crippen molar-refractivity contribution >= 4 is 17.3 Å². The van der Waals surface area contributed by atoms with E-state index in [9.17, 15) is 0 Å². The lowest BCUT2D eigenvalue weighted by atomic mass is 10.1. The molecule has 1 aromatic carbocycles. The molecule has 0 bridgehead atoms. The molecule has 0 amide bonds. The smallest absolute Gasteiger partial charge is 0.0643 e. The van der Waals surface area contributed by atoms with Gasteiger partial charge < -0.3 is 15.0 Å². The van der Waals surface area contributed by atoms with Crippen LogP contribution in [0.5, 0.6) is 0 Å². The second kappa shape index (κ2) is 8.02. The Morgan fingerprint density at radius 2 is 1.95 bits per heavy atom. The molecule has 1 aromatic rings. The molecule has 0 aromatic heterocycles. The predicted molar refractivity (Wildman–Crippen MR) is 92.4 cm³/mol. The van der Waals surface area contributed by atoms with E-state index in [4.69, 9.17) is 16.3 Å². The molecule has 0 fully saturated rings. The van der Waals surface area contributed by atoms with Crippen LogP contribution in [0.1, 0.15) is 40.2 Å². The lowest BCUT2D eigenvalue weighted by Gasteiger charge is -2.32. The molecule has 4 heteroatoms. The van der Waals surface area contributed by atoms with Crippen molar-refractivity contribution in [2.75, 3.05) is 25.2 Å². The number of hydrogen-bond acceptors (Lipinski definition) is 3. The molecule has 0 saturated heterocycles. The first-order valence-corrected chi connectivity index (χ1v) is 7.92. The number of rotatable bonds is 7. The van der Waals surface area contributed by atoms with Crippen LogP contribution in [0, 0.1) is 0 Å². The maximum Gasteiger partial charge on any atom is 0.0643 e. The minimum Gasteiger partial charge on any atom is -0.383 e. The maximum absolute atomic E-state index is 6.49. The van der Waals surface area contributed by atoms with Gasteiger partial charge in [0.25, 0.3) is 0 Å². The number of para-hydroxylation sites is 1. The summed E-state index contributed by atoms with van der Waals surface area (Å²) in [5, 5.41) is 4.34. The van der Waals surface area contributed by atoms with Gasteiger partial charge in [-0.2, -0.15) is 0 Å². The van der Waals surface area contributed by atoms with E-state index < -0.39 is 0 Å². The number of anilines is 1. The zero-order valence-corrected chi connectivity index (χ0v) is 14.9. The van der Waals surface area contributed by atoms with Crippen molar-refractivity contribution in [2.45, 2.75) is 52.7 Å². The Balaban J connectivity index is 3.06. The Labute approximate surface area is 134 Å². The molecule has 3 nitrogen and oxygen atoms in total. The second-order valence-corrected chi connectivity index (χ2v) is 7.04. The van der Waals surface area contributed by atoms with Gasteiger partial charge in [0.15, 0.2) is 0 Å². The topological polar surface area (TPSA) is 24.5 Å². The molecule has 1 N–H and O–H groups in total. The van der Waals surface area contributed by atoms with Gasteiger partial charge in [-0.05, 0) is 46.2 Å². The van der Waals surface area contributed by atoms with Crippen LogP contribution in [0.3, 0.4) is 0 Å². The standard InChI is InChI=1S/C17H29ClN2O/c1-13(2)20(10-11-21-6)16-14(8-7-9-15(16)18)12-19-17(3,4)5/h7-9,13,19H,10-12H2,1-6H3. The van der Waals surface area contributed by atoms with Crippen LogP contribution in [0.15, 0.2) is 18.2 Å². The molecule has 0 unspecified atom stereocenters. The van der Waals surface area contributed by atoms with Crippen molar-refractivity contribution in [1.82, 2.24) is 5.32 Å². The molecule has 0 radical (unpaired) electrons. The van der Waals surface area contributed by atoms with Crippen LogP contribution < -0.4 is 10.2 Å². The fourth-order valence-electron chi connectivity index (χ4n) is 2.20. The molecule has 0 saturated carbocycles. The largest absolute Gasteiger partial charge is 0.383 e. The molecule has 0 aliphatic heterocycles. The molecule has 120 valence electrons. The van der Waals surface area contributed by atoms with Gasteiger partial charge >= 0.3 is 0 Å². The number of hydrogen-bond donors (Lipinski definition) is 1. The number of benzene rings is 1. The lowest BCUT2D eigenvalue weighted by Crippen LogP contribution is -2.38. The van der Waals surface area contributed by atoms with Crippen molar-refractivity contribution < 1.29 is 4.74 Å². The average molecular weight is 313 g/mol. The normalized spacial score (nSPS) is 12.0. The number of ether oxygens (including phenoxy) is 1. The van der Waals surface area contributed by atoms with E-state index in [0.717, 1.165) is 23.8 Å². The van der Waals surface area contributed by atoms with E-state index in [0.29, 0.717) is 12.6 Å². The third-order valence-electron chi connectivity index (χ3n) is 3.33. The van der Waals surface area contributed by atoms with Crippen molar-refractivity contribution in [3.8, 4) is 0 Å². The third-order valence-corrected chi connectivity index (χ3v) is 3.63. The summed E-state index contributed by atoms with van der Waals surface area (Å²) in [5.41, 5.74) is 2.42. The van der Waals surface area contributed by atoms with E-state index in [-0.39, 0.29) is 5.54 Å². The molecule has 21 heavy (non-hydrogen) atoms. The monoisotopic (exact) mass is 312 g/mol. The van der Waals surface area contributed by atoms with Gasteiger partial charge in [-0.1, -0.05) is 23.7 Å². The SMILES string of the molecule is COCCN(c1c(Cl)cccc1CNC(C)(C)C)C(C)C. The quantitative estimate of drug-likeness (QED) is 0.820. The summed E-state index contributed by atoms with van der Waals surface area (Å²) in [6.07, 6.45) is 0. The van der Waals surface area contributed by atoms with Gasteiger partial charge in [0.05, 0.1) is 17.3 Å². The number of methoxy groups -OCH3 is 1. The summed E-state index contributed by atoms with van der Waals surface area (Å²) in [6, 6.07) is 6.48. The number of nitrogens with zero attached hydrogens (tertiary/aromatic N) is 1. The summed E-state index contributed by atoms with van der Waals surface area (Å²) >= 11 is 6.49. The Morgan fingerprint density at radius 3 is 2.48 bits per heavy atom.